The van der Waals surface area contributed by atoms with Gasteiger partial charge < -0.3 is 10.0 Å². The van der Waals surface area contributed by atoms with Crippen LogP contribution in [0.3, 0.4) is 0 Å². The highest BCUT2D eigenvalue weighted by molar-refractivity contribution is 7.98. The van der Waals surface area contributed by atoms with E-state index in [1.807, 2.05) is 36.9 Å². The normalized spacial score (nSPS) is 14.3. The average Bonchev–Trinajstić information content (AvgIpc) is 2.43. The van der Waals surface area contributed by atoms with Crippen molar-refractivity contribution in [1.82, 2.24) is 0 Å². The number of hydrogen-bond donors (Lipinski definition) is 1. The van der Waals surface area contributed by atoms with Gasteiger partial charge in [-0.1, -0.05) is 32.0 Å². The largest absolute Gasteiger partial charge is 0.388 e. The summed E-state index contributed by atoms with van der Waals surface area (Å²) in [5, 5.41) is 10.1. The minimum absolute atomic E-state index is 0.365. The lowest BCUT2D eigenvalue weighted by Gasteiger charge is -2.31. The zero-order valence-corrected chi connectivity index (χ0v) is 12.7. The molecule has 1 N–H and O–H groups in total. The molecule has 1 rings (SSSR count). The summed E-state index contributed by atoms with van der Waals surface area (Å²) in [5.41, 5.74) is 2.20. The van der Waals surface area contributed by atoms with Crippen LogP contribution in [0.25, 0.3) is 0 Å². The molecule has 1 aromatic rings. The van der Waals surface area contributed by atoms with Gasteiger partial charge in [0.25, 0.3) is 0 Å². The van der Waals surface area contributed by atoms with Crippen molar-refractivity contribution >= 4 is 17.4 Å². The van der Waals surface area contributed by atoms with Crippen LogP contribution in [-0.4, -0.2) is 30.2 Å². The molecular formula is C15H25NOS. The van der Waals surface area contributed by atoms with Gasteiger partial charge in [-0.25, -0.2) is 0 Å². The minimum Gasteiger partial charge on any atom is -0.388 e. The molecule has 18 heavy (non-hydrogen) atoms. The van der Waals surface area contributed by atoms with Crippen LogP contribution in [0.4, 0.5) is 5.69 Å². The van der Waals surface area contributed by atoms with Crippen molar-refractivity contribution in [3.63, 3.8) is 0 Å². The van der Waals surface area contributed by atoms with Crippen molar-refractivity contribution < 1.29 is 5.11 Å². The number of para-hydroxylation sites is 1. The Labute approximate surface area is 115 Å². The number of aliphatic hydroxyl groups is 1. The van der Waals surface area contributed by atoms with Gasteiger partial charge in [0.15, 0.2) is 0 Å². The van der Waals surface area contributed by atoms with E-state index in [0.717, 1.165) is 29.8 Å². The van der Waals surface area contributed by atoms with E-state index in [1.165, 1.54) is 0 Å². The van der Waals surface area contributed by atoms with Crippen LogP contribution in [-0.2, 0) is 0 Å². The molecule has 1 unspecified atom stereocenters. The first-order chi connectivity index (χ1) is 8.65. The Hall–Kier alpha value is -0.670. The summed E-state index contributed by atoms with van der Waals surface area (Å²) in [6.07, 6.45) is 3.65. The Bertz CT molecular complexity index is 356. The topological polar surface area (TPSA) is 23.5 Å². The highest BCUT2D eigenvalue weighted by Crippen LogP contribution is 2.29. The van der Waals surface area contributed by atoms with Gasteiger partial charge in [0.2, 0.25) is 0 Å². The first-order valence-corrected chi connectivity index (χ1v) is 8.03. The Morgan fingerprint density at radius 3 is 2.44 bits per heavy atom. The van der Waals surface area contributed by atoms with E-state index in [-0.39, 0.29) is 6.10 Å². The van der Waals surface area contributed by atoms with Gasteiger partial charge in [0.05, 0.1) is 6.10 Å². The quantitative estimate of drug-likeness (QED) is 0.814. The number of nitrogens with zero attached hydrogens (tertiary/aromatic N) is 1. The summed E-state index contributed by atoms with van der Waals surface area (Å²) in [6, 6.07) is 8.71. The van der Waals surface area contributed by atoms with E-state index in [1.54, 1.807) is 0 Å². The molecular weight excluding hydrogens is 242 g/mol. The van der Waals surface area contributed by atoms with Gasteiger partial charge in [-0.2, -0.15) is 11.8 Å². The zero-order valence-electron chi connectivity index (χ0n) is 11.9. The van der Waals surface area contributed by atoms with Gasteiger partial charge in [-0.3, -0.25) is 0 Å². The number of aliphatic hydroxyl groups excluding tert-OH is 1. The summed E-state index contributed by atoms with van der Waals surface area (Å²) in [4.78, 5) is 2.31. The van der Waals surface area contributed by atoms with Crippen LogP contribution >= 0.6 is 11.8 Å². The lowest BCUT2D eigenvalue weighted by Crippen LogP contribution is -2.34. The molecule has 0 spiro atoms. The van der Waals surface area contributed by atoms with Crippen LogP contribution in [0.1, 0.15) is 38.4 Å². The minimum atomic E-state index is -0.365. The van der Waals surface area contributed by atoms with Crippen LogP contribution < -0.4 is 4.90 Å². The maximum atomic E-state index is 10.1. The third-order valence-electron chi connectivity index (χ3n) is 3.44. The van der Waals surface area contributed by atoms with Crippen LogP contribution in [0.2, 0.25) is 0 Å². The van der Waals surface area contributed by atoms with E-state index < -0.39 is 0 Å². The Kier molecular flexibility index (Phi) is 6.58. The van der Waals surface area contributed by atoms with Crippen molar-refractivity contribution in [3.05, 3.63) is 29.8 Å². The van der Waals surface area contributed by atoms with E-state index >= 15 is 0 Å². The zero-order chi connectivity index (χ0) is 13.5. The molecule has 1 aromatic carbocycles. The van der Waals surface area contributed by atoms with Gasteiger partial charge in [-0.05, 0) is 25.2 Å². The Morgan fingerprint density at radius 1 is 1.22 bits per heavy atom. The highest BCUT2D eigenvalue weighted by Gasteiger charge is 2.18. The Morgan fingerprint density at radius 2 is 1.89 bits per heavy atom. The molecule has 102 valence electrons. The molecule has 0 saturated carbocycles. The smallest absolute Gasteiger partial charge is 0.0807 e. The molecule has 0 aliphatic carbocycles. The molecule has 0 radical (unpaired) electrons. The van der Waals surface area contributed by atoms with E-state index in [2.05, 4.69) is 31.2 Å². The maximum Gasteiger partial charge on any atom is 0.0807 e. The summed E-state index contributed by atoms with van der Waals surface area (Å²) >= 11 is 1.87. The van der Waals surface area contributed by atoms with Gasteiger partial charge in [0, 0.05) is 30.1 Å². The van der Waals surface area contributed by atoms with Crippen molar-refractivity contribution in [1.29, 1.82) is 0 Å². The van der Waals surface area contributed by atoms with Crippen molar-refractivity contribution in [2.45, 2.75) is 38.8 Å². The summed E-state index contributed by atoms with van der Waals surface area (Å²) < 4.78 is 0. The number of benzene rings is 1. The standard InChI is InChI=1S/C15H25NOS/c1-5-12(11-18-4)16(3)14-10-8-7-9-13(14)15(17)6-2/h7-10,12,15,17H,5-6,11H2,1-4H3/t12?,15-/m0/s1. The first kappa shape index (κ1) is 15.4. The lowest BCUT2D eigenvalue weighted by molar-refractivity contribution is 0.174. The number of thioether (sulfide) groups is 1. The van der Waals surface area contributed by atoms with E-state index in [4.69, 9.17) is 0 Å². The SMILES string of the molecule is CCC(CSC)N(C)c1ccccc1[C@@H](O)CC. The van der Waals surface area contributed by atoms with Gasteiger partial charge >= 0.3 is 0 Å². The fourth-order valence-electron chi connectivity index (χ4n) is 2.20. The molecule has 0 bridgehead atoms. The monoisotopic (exact) mass is 267 g/mol. The van der Waals surface area contributed by atoms with Crippen LogP contribution in [0.5, 0.6) is 0 Å². The van der Waals surface area contributed by atoms with E-state index in [9.17, 15) is 5.11 Å². The van der Waals surface area contributed by atoms with Crippen molar-refractivity contribution in [2.24, 2.45) is 0 Å². The third-order valence-corrected chi connectivity index (χ3v) is 4.16. The third kappa shape index (κ3) is 3.66. The molecule has 0 aliphatic heterocycles. The predicted octanol–water partition coefficient (Wildman–Crippen LogP) is 3.71. The number of hydrogen-bond acceptors (Lipinski definition) is 3. The molecule has 0 saturated heterocycles. The molecule has 2 nitrogen and oxygen atoms in total. The molecule has 0 aliphatic rings. The molecule has 0 heterocycles. The highest BCUT2D eigenvalue weighted by atomic mass is 32.2. The van der Waals surface area contributed by atoms with Crippen LogP contribution in [0, 0.1) is 0 Å². The first-order valence-electron chi connectivity index (χ1n) is 6.64. The second-order valence-electron chi connectivity index (χ2n) is 4.61. The van der Waals surface area contributed by atoms with Gasteiger partial charge in [-0.15, -0.1) is 0 Å². The summed E-state index contributed by atoms with van der Waals surface area (Å²) in [7, 11) is 2.13. The molecule has 3 heteroatoms. The second-order valence-corrected chi connectivity index (χ2v) is 5.52. The Balaban J connectivity index is 3.00. The number of anilines is 1. The summed E-state index contributed by atoms with van der Waals surface area (Å²) in [5.74, 6) is 1.11. The van der Waals surface area contributed by atoms with E-state index in [0.29, 0.717) is 6.04 Å². The maximum absolute atomic E-state index is 10.1. The lowest BCUT2D eigenvalue weighted by atomic mass is 10.0. The van der Waals surface area contributed by atoms with Crippen molar-refractivity contribution in [3.8, 4) is 0 Å². The molecule has 0 amide bonds. The fourth-order valence-corrected chi connectivity index (χ4v) is 3.05. The van der Waals surface area contributed by atoms with Crippen LogP contribution in [0.15, 0.2) is 24.3 Å². The van der Waals surface area contributed by atoms with Crippen molar-refractivity contribution in [2.75, 3.05) is 24.0 Å². The number of rotatable bonds is 7. The van der Waals surface area contributed by atoms with Gasteiger partial charge in [0.1, 0.15) is 0 Å². The average molecular weight is 267 g/mol. The fraction of sp³-hybridized carbons (Fsp3) is 0.600. The predicted molar refractivity (Wildman–Crippen MR) is 82.6 cm³/mol. The molecule has 2 atom stereocenters. The second kappa shape index (κ2) is 7.70. The molecule has 0 fully saturated rings. The summed E-state index contributed by atoms with van der Waals surface area (Å²) in [6.45, 7) is 4.23. The molecule has 0 aromatic heterocycles.